The van der Waals surface area contributed by atoms with Crippen LogP contribution in [-0.2, 0) is 4.79 Å². The summed E-state index contributed by atoms with van der Waals surface area (Å²) in [5.41, 5.74) is 1.04. The highest BCUT2D eigenvalue weighted by atomic mass is 16.1. The summed E-state index contributed by atoms with van der Waals surface area (Å²) in [5.74, 6) is 0.0480. The number of hydrogen-bond acceptors (Lipinski definition) is 1. The second-order valence-electron chi connectivity index (χ2n) is 2.35. The van der Waals surface area contributed by atoms with Gasteiger partial charge in [0.2, 0.25) is 5.91 Å². The van der Waals surface area contributed by atoms with E-state index in [0.717, 1.165) is 12.0 Å². The second kappa shape index (κ2) is 6.40. The normalized spacial score (nSPS) is 10.6. The van der Waals surface area contributed by atoms with E-state index >= 15 is 0 Å². The molecule has 0 rings (SSSR count). The molecule has 0 heterocycles. The third-order valence-electron chi connectivity index (χ3n) is 1.51. The van der Waals surface area contributed by atoms with E-state index in [9.17, 15) is 4.79 Å². The van der Waals surface area contributed by atoms with Crippen molar-refractivity contribution in [2.24, 2.45) is 0 Å². The molecular weight excluding hydrogens is 150 g/mol. The lowest BCUT2D eigenvalue weighted by Crippen LogP contribution is -2.17. The molecule has 0 saturated carbocycles. The van der Waals surface area contributed by atoms with Crippen LogP contribution in [0, 0.1) is 0 Å². The Morgan fingerprint density at radius 3 is 2.50 bits per heavy atom. The molecule has 66 valence electrons. The van der Waals surface area contributed by atoms with Crippen molar-refractivity contribution >= 4 is 5.91 Å². The van der Waals surface area contributed by atoms with E-state index in [-0.39, 0.29) is 5.91 Å². The zero-order valence-electron chi connectivity index (χ0n) is 7.47. The summed E-state index contributed by atoms with van der Waals surface area (Å²) in [6, 6.07) is 0. The predicted octanol–water partition coefficient (Wildman–Crippen LogP) is 1.81. The molecule has 0 aliphatic heterocycles. The lowest BCUT2D eigenvalue weighted by atomic mass is 10.1. The van der Waals surface area contributed by atoms with Gasteiger partial charge in [-0.2, -0.15) is 0 Å². The van der Waals surface area contributed by atoms with Crippen molar-refractivity contribution in [3.8, 4) is 0 Å². The molecule has 0 spiro atoms. The molecule has 0 aromatic rings. The van der Waals surface area contributed by atoms with Crippen molar-refractivity contribution in [1.29, 1.82) is 0 Å². The summed E-state index contributed by atoms with van der Waals surface area (Å²) < 4.78 is 0. The monoisotopic (exact) mass is 165 g/mol. The molecule has 2 heteroatoms. The fraction of sp³-hybridized carbons (Fsp3) is 0.300. The first-order valence-corrected chi connectivity index (χ1v) is 3.89. The van der Waals surface area contributed by atoms with E-state index in [2.05, 4.69) is 18.5 Å². The number of hydrogen-bond donors (Lipinski definition) is 1. The maximum atomic E-state index is 10.8. The van der Waals surface area contributed by atoms with Gasteiger partial charge in [0.1, 0.15) is 0 Å². The third-order valence-corrected chi connectivity index (χ3v) is 1.51. The number of amides is 1. The van der Waals surface area contributed by atoms with Gasteiger partial charge in [0, 0.05) is 13.5 Å². The Kier molecular flexibility index (Phi) is 5.70. The average Bonchev–Trinajstić information content (AvgIpc) is 2.11. The fourth-order valence-electron chi connectivity index (χ4n) is 0.788. The van der Waals surface area contributed by atoms with Gasteiger partial charge in [-0.15, -0.1) is 0 Å². The van der Waals surface area contributed by atoms with Crippen molar-refractivity contribution in [1.82, 2.24) is 5.32 Å². The van der Waals surface area contributed by atoms with Crippen molar-refractivity contribution < 1.29 is 4.79 Å². The van der Waals surface area contributed by atoms with Gasteiger partial charge in [-0.05, 0) is 12.0 Å². The van der Waals surface area contributed by atoms with E-state index in [0.29, 0.717) is 6.42 Å². The SMILES string of the molecule is C=C/C=C(\C=C)CCC(=O)NC. The van der Waals surface area contributed by atoms with Crippen LogP contribution >= 0.6 is 0 Å². The predicted molar refractivity (Wildman–Crippen MR) is 51.8 cm³/mol. The highest BCUT2D eigenvalue weighted by Crippen LogP contribution is 2.05. The number of carbonyl (C=O) groups excluding carboxylic acids is 1. The molecule has 1 amide bonds. The first-order valence-electron chi connectivity index (χ1n) is 3.89. The van der Waals surface area contributed by atoms with Crippen molar-refractivity contribution in [2.75, 3.05) is 7.05 Å². The lowest BCUT2D eigenvalue weighted by Gasteiger charge is -1.99. The lowest BCUT2D eigenvalue weighted by molar-refractivity contribution is -0.120. The van der Waals surface area contributed by atoms with E-state index in [4.69, 9.17) is 0 Å². The summed E-state index contributed by atoms with van der Waals surface area (Å²) in [4.78, 5) is 10.8. The van der Waals surface area contributed by atoms with Gasteiger partial charge in [-0.3, -0.25) is 4.79 Å². The second-order valence-corrected chi connectivity index (χ2v) is 2.35. The Hall–Kier alpha value is -1.31. The highest BCUT2D eigenvalue weighted by molar-refractivity contribution is 5.75. The van der Waals surface area contributed by atoms with Gasteiger partial charge in [0.25, 0.3) is 0 Å². The van der Waals surface area contributed by atoms with Gasteiger partial charge in [-0.1, -0.05) is 31.4 Å². The summed E-state index contributed by atoms with van der Waals surface area (Å²) in [5, 5.41) is 2.56. The molecule has 2 nitrogen and oxygen atoms in total. The fourth-order valence-corrected chi connectivity index (χ4v) is 0.788. The maximum absolute atomic E-state index is 10.8. The number of nitrogens with one attached hydrogen (secondary N) is 1. The van der Waals surface area contributed by atoms with Gasteiger partial charge in [-0.25, -0.2) is 0 Å². The number of rotatable bonds is 5. The average molecular weight is 165 g/mol. The smallest absolute Gasteiger partial charge is 0.220 e. The van der Waals surface area contributed by atoms with Gasteiger partial charge < -0.3 is 5.32 Å². The van der Waals surface area contributed by atoms with E-state index in [1.807, 2.05) is 6.08 Å². The molecule has 0 aliphatic rings. The van der Waals surface area contributed by atoms with Crippen LogP contribution in [0.1, 0.15) is 12.8 Å². The van der Waals surface area contributed by atoms with Crippen LogP contribution in [0.5, 0.6) is 0 Å². The molecule has 1 N–H and O–H groups in total. The minimum absolute atomic E-state index is 0.0480. The van der Waals surface area contributed by atoms with Gasteiger partial charge >= 0.3 is 0 Å². The Morgan fingerprint density at radius 2 is 2.08 bits per heavy atom. The minimum atomic E-state index is 0.0480. The van der Waals surface area contributed by atoms with E-state index < -0.39 is 0 Å². The molecule has 0 aromatic heterocycles. The standard InChI is InChI=1S/C10H15NO/c1-4-6-9(5-2)7-8-10(12)11-3/h4-6H,1-2,7-8H2,3H3,(H,11,12)/b9-6+. The summed E-state index contributed by atoms with van der Waals surface area (Å²) in [7, 11) is 1.63. The molecule has 0 atom stereocenters. The molecule has 0 radical (unpaired) electrons. The van der Waals surface area contributed by atoms with Gasteiger partial charge in [0.15, 0.2) is 0 Å². The summed E-state index contributed by atoms with van der Waals surface area (Å²) in [6.45, 7) is 7.21. The van der Waals surface area contributed by atoms with Crippen LogP contribution in [0.4, 0.5) is 0 Å². The van der Waals surface area contributed by atoms with Crippen LogP contribution < -0.4 is 5.32 Å². The molecule has 0 aliphatic carbocycles. The molecule has 0 fully saturated rings. The minimum Gasteiger partial charge on any atom is -0.359 e. The summed E-state index contributed by atoms with van der Waals surface area (Å²) >= 11 is 0. The molecular formula is C10H15NO. The van der Waals surface area contributed by atoms with Crippen LogP contribution in [0.3, 0.4) is 0 Å². The molecule has 0 bridgehead atoms. The van der Waals surface area contributed by atoms with Crippen LogP contribution in [0.2, 0.25) is 0 Å². The molecule has 0 unspecified atom stereocenters. The molecule has 12 heavy (non-hydrogen) atoms. The van der Waals surface area contributed by atoms with Crippen LogP contribution in [0.25, 0.3) is 0 Å². The zero-order valence-corrected chi connectivity index (χ0v) is 7.47. The van der Waals surface area contributed by atoms with Crippen LogP contribution in [0.15, 0.2) is 37.0 Å². The quantitative estimate of drug-likeness (QED) is 0.618. The first kappa shape index (κ1) is 10.7. The van der Waals surface area contributed by atoms with Crippen LogP contribution in [-0.4, -0.2) is 13.0 Å². The largest absolute Gasteiger partial charge is 0.359 e. The van der Waals surface area contributed by atoms with Crippen molar-refractivity contribution in [3.05, 3.63) is 37.0 Å². The highest BCUT2D eigenvalue weighted by Gasteiger charge is 1.97. The van der Waals surface area contributed by atoms with Crippen molar-refractivity contribution in [3.63, 3.8) is 0 Å². The first-order chi connectivity index (χ1) is 5.74. The Balaban J connectivity index is 3.88. The van der Waals surface area contributed by atoms with Crippen molar-refractivity contribution in [2.45, 2.75) is 12.8 Å². The molecule has 0 aromatic carbocycles. The zero-order chi connectivity index (χ0) is 9.40. The molecule has 0 saturated heterocycles. The Morgan fingerprint density at radius 1 is 1.42 bits per heavy atom. The summed E-state index contributed by atoms with van der Waals surface area (Å²) in [6.07, 6.45) is 6.51. The number of carbonyl (C=O) groups is 1. The number of allylic oxidation sites excluding steroid dienone is 4. The van der Waals surface area contributed by atoms with Gasteiger partial charge in [0.05, 0.1) is 0 Å². The van der Waals surface area contributed by atoms with E-state index in [1.165, 1.54) is 0 Å². The van der Waals surface area contributed by atoms with E-state index in [1.54, 1.807) is 19.2 Å². The maximum Gasteiger partial charge on any atom is 0.220 e. The Bertz CT molecular complexity index is 204. The topological polar surface area (TPSA) is 29.1 Å². The Labute approximate surface area is 73.7 Å². The third kappa shape index (κ3) is 4.50.